The number of pyridine rings is 1. The summed E-state index contributed by atoms with van der Waals surface area (Å²) >= 11 is 0. The molecule has 4 rings (SSSR count). The highest BCUT2D eigenvalue weighted by atomic mass is 19.1. The summed E-state index contributed by atoms with van der Waals surface area (Å²) in [6.45, 7) is 1.95. The Morgan fingerprint density at radius 2 is 1.83 bits per heavy atom. The molecule has 0 unspecified atom stereocenters. The molecule has 0 aliphatic heterocycles. The molecule has 24 heavy (non-hydrogen) atoms. The minimum atomic E-state index is -0.298. The van der Waals surface area contributed by atoms with Crippen molar-refractivity contribution < 1.29 is 9.13 Å². The fourth-order valence-corrected chi connectivity index (χ4v) is 2.56. The van der Waals surface area contributed by atoms with E-state index < -0.39 is 0 Å². The normalized spacial score (nSPS) is 10.9. The summed E-state index contributed by atoms with van der Waals surface area (Å²) < 4.78 is 20.8. The molecule has 4 aromatic rings. The Balaban J connectivity index is 1.73. The average Bonchev–Trinajstić information content (AvgIpc) is 3.03. The lowest BCUT2D eigenvalue weighted by molar-refractivity contribution is 0.467. The monoisotopic (exact) mass is 319 g/mol. The lowest BCUT2D eigenvalue weighted by Crippen LogP contribution is -1.92. The Kier molecular flexibility index (Phi) is 3.46. The van der Waals surface area contributed by atoms with Crippen molar-refractivity contribution in [2.24, 2.45) is 0 Å². The van der Waals surface area contributed by atoms with Crippen LogP contribution in [0.25, 0.3) is 16.5 Å². The Morgan fingerprint density at radius 1 is 1.00 bits per heavy atom. The number of aryl methyl sites for hydroxylation is 1. The predicted octanol–water partition coefficient (Wildman–Crippen LogP) is 4.66. The van der Waals surface area contributed by atoms with E-state index in [1.54, 1.807) is 24.7 Å². The van der Waals surface area contributed by atoms with Crippen molar-refractivity contribution in [3.8, 4) is 17.3 Å². The lowest BCUT2D eigenvalue weighted by Gasteiger charge is -2.09. The highest BCUT2D eigenvalue weighted by Gasteiger charge is 2.07. The Morgan fingerprint density at radius 3 is 2.58 bits per heavy atom. The molecule has 5 heteroatoms. The SMILES string of the molecule is Cc1cn(-c2ccc3c(Oc4ccc(F)cc4)nccc3c2)cn1. The zero-order chi connectivity index (χ0) is 16.5. The summed E-state index contributed by atoms with van der Waals surface area (Å²) in [7, 11) is 0. The van der Waals surface area contributed by atoms with Crippen molar-refractivity contribution in [3.05, 3.63) is 78.8 Å². The molecule has 0 aliphatic rings. The molecule has 0 saturated heterocycles. The van der Waals surface area contributed by atoms with Crippen molar-refractivity contribution in [3.63, 3.8) is 0 Å². The Hall–Kier alpha value is -3.21. The van der Waals surface area contributed by atoms with E-state index >= 15 is 0 Å². The van der Waals surface area contributed by atoms with Gasteiger partial charge in [-0.15, -0.1) is 0 Å². The maximum absolute atomic E-state index is 13.0. The number of ether oxygens (including phenoxy) is 1. The number of aromatic nitrogens is 3. The molecule has 118 valence electrons. The van der Waals surface area contributed by atoms with E-state index in [1.165, 1.54) is 12.1 Å². The summed E-state index contributed by atoms with van der Waals surface area (Å²) in [4.78, 5) is 8.54. The van der Waals surface area contributed by atoms with Gasteiger partial charge in [-0.3, -0.25) is 0 Å². The summed E-state index contributed by atoms with van der Waals surface area (Å²) in [5, 5.41) is 1.90. The standard InChI is InChI=1S/C19H14FN3O/c1-13-11-23(12-22-13)16-4-7-18-14(10-16)8-9-21-19(18)24-17-5-2-15(20)3-6-17/h2-12H,1H3. The smallest absolute Gasteiger partial charge is 0.227 e. The van der Waals surface area contributed by atoms with E-state index in [9.17, 15) is 4.39 Å². The largest absolute Gasteiger partial charge is 0.438 e. The quantitative estimate of drug-likeness (QED) is 0.551. The van der Waals surface area contributed by atoms with Crippen molar-refractivity contribution >= 4 is 10.8 Å². The predicted molar refractivity (Wildman–Crippen MR) is 90.1 cm³/mol. The molecule has 0 radical (unpaired) electrons. The minimum absolute atomic E-state index is 0.298. The number of halogens is 1. The third kappa shape index (κ3) is 2.72. The summed E-state index contributed by atoms with van der Waals surface area (Å²) in [6, 6.07) is 13.8. The van der Waals surface area contributed by atoms with Crippen LogP contribution >= 0.6 is 0 Å². The van der Waals surface area contributed by atoms with Gasteiger partial charge in [-0.1, -0.05) is 0 Å². The van der Waals surface area contributed by atoms with Crippen molar-refractivity contribution in [2.75, 3.05) is 0 Å². The van der Waals surface area contributed by atoms with E-state index in [-0.39, 0.29) is 5.82 Å². The second kappa shape index (κ2) is 5.77. The zero-order valence-corrected chi connectivity index (χ0v) is 13.0. The molecule has 0 aliphatic carbocycles. The molecule has 0 fully saturated rings. The molecule has 2 aromatic carbocycles. The van der Waals surface area contributed by atoms with E-state index in [1.807, 2.05) is 35.9 Å². The zero-order valence-electron chi connectivity index (χ0n) is 13.0. The molecule has 0 spiro atoms. The van der Waals surface area contributed by atoms with Gasteiger partial charge in [-0.2, -0.15) is 0 Å². The minimum Gasteiger partial charge on any atom is -0.438 e. The molecule has 0 saturated carbocycles. The maximum Gasteiger partial charge on any atom is 0.227 e. The third-order valence-electron chi connectivity index (χ3n) is 3.75. The first kappa shape index (κ1) is 14.4. The van der Waals surface area contributed by atoms with Gasteiger partial charge in [0, 0.05) is 23.5 Å². The highest BCUT2D eigenvalue weighted by molar-refractivity contribution is 5.88. The molecule has 2 heterocycles. The van der Waals surface area contributed by atoms with Gasteiger partial charge < -0.3 is 9.30 Å². The van der Waals surface area contributed by atoms with Gasteiger partial charge in [0.1, 0.15) is 11.6 Å². The van der Waals surface area contributed by atoms with Gasteiger partial charge in [-0.25, -0.2) is 14.4 Å². The number of nitrogens with zero attached hydrogens (tertiary/aromatic N) is 3. The second-order valence-electron chi connectivity index (χ2n) is 5.50. The summed E-state index contributed by atoms with van der Waals surface area (Å²) in [5.74, 6) is 0.742. The van der Waals surface area contributed by atoms with Gasteiger partial charge in [0.25, 0.3) is 0 Å². The lowest BCUT2D eigenvalue weighted by atomic mass is 10.1. The van der Waals surface area contributed by atoms with Crippen molar-refractivity contribution in [1.82, 2.24) is 14.5 Å². The first-order valence-corrected chi connectivity index (χ1v) is 7.52. The molecule has 2 aromatic heterocycles. The Bertz CT molecular complexity index is 1010. The van der Waals surface area contributed by atoms with Gasteiger partial charge in [0.15, 0.2) is 0 Å². The highest BCUT2D eigenvalue weighted by Crippen LogP contribution is 2.29. The maximum atomic E-state index is 13.0. The van der Waals surface area contributed by atoms with Crippen LogP contribution in [0.3, 0.4) is 0 Å². The average molecular weight is 319 g/mol. The molecular formula is C19H14FN3O. The molecule has 4 nitrogen and oxygen atoms in total. The van der Waals surface area contributed by atoms with Crippen LogP contribution < -0.4 is 4.74 Å². The van der Waals surface area contributed by atoms with Crippen LogP contribution in [-0.4, -0.2) is 14.5 Å². The van der Waals surface area contributed by atoms with Crippen molar-refractivity contribution in [2.45, 2.75) is 6.92 Å². The number of fused-ring (bicyclic) bond motifs is 1. The van der Waals surface area contributed by atoms with E-state index in [0.717, 1.165) is 22.2 Å². The van der Waals surface area contributed by atoms with E-state index in [2.05, 4.69) is 16.0 Å². The molecule has 0 N–H and O–H groups in total. The number of hydrogen-bond acceptors (Lipinski definition) is 3. The fraction of sp³-hybridized carbons (Fsp3) is 0.0526. The van der Waals surface area contributed by atoms with Gasteiger partial charge in [0.05, 0.1) is 12.0 Å². The first-order valence-electron chi connectivity index (χ1n) is 7.52. The summed E-state index contributed by atoms with van der Waals surface area (Å²) in [6.07, 6.45) is 5.45. The van der Waals surface area contributed by atoms with Gasteiger partial charge in [0.2, 0.25) is 5.88 Å². The molecule has 0 atom stereocenters. The Labute approximate surface area is 138 Å². The number of benzene rings is 2. The molecular weight excluding hydrogens is 305 g/mol. The molecule has 0 bridgehead atoms. The van der Waals surface area contributed by atoms with Crippen molar-refractivity contribution in [1.29, 1.82) is 0 Å². The number of hydrogen-bond donors (Lipinski definition) is 0. The van der Waals surface area contributed by atoms with Gasteiger partial charge in [-0.05, 0) is 60.8 Å². The fourth-order valence-electron chi connectivity index (χ4n) is 2.56. The van der Waals surface area contributed by atoms with Crippen LogP contribution in [0.5, 0.6) is 11.6 Å². The number of imidazole rings is 1. The van der Waals surface area contributed by atoms with Crippen LogP contribution in [-0.2, 0) is 0 Å². The van der Waals surface area contributed by atoms with Crippen LogP contribution in [0.1, 0.15) is 5.69 Å². The number of rotatable bonds is 3. The van der Waals surface area contributed by atoms with Crippen LogP contribution in [0.2, 0.25) is 0 Å². The summed E-state index contributed by atoms with van der Waals surface area (Å²) in [5.41, 5.74) is 1.98. The van der Waals surface area contributed by atoms with Crippen LogP contribution in [0, 0.1) is 12.7 Å². The van der Waals surface area contributed by atoms with Crippen LogP contribution in [0.4, 0.5) is 4.39 Å². The van der Waals surface area contributed by atoms with Crippen LogP contribution in [0.15, 0.2) is 67.3 Å². The topological polar surface area (TPSA) is 39.9 Å². The van der Waals surface area contributed by atoms with E-state index in [4.69, 9.17) is 4.74 Å². The van der Waals surface area contributed by atoms with E-state index in [0.29, 0.717) is 11.6 Å². The first-order chi connectivity index (χ1) is 11.7. The second-order valence-corrected chi connectivity index (χ2v) is 5.50. The van der Waals surface area contributed by atoms with Gasteiger partial charge >= 0.3 is 0 Å². The molecule has 0 amide bonds. The third-order valence-corrected chi connectivity index (χ3v) is 3.75.